The van der Waals surface area contributed by atoms with Gasteiger partial charge in [0, 0.05) is 13.1 Å². The fourth-order valence-corrected chi connectivity index (χ4v) is 1.83. The quantitative estimate of drug-likeness (QED) is 0.736. The molecular formula is C10H14IN3O. The number of ether oxygens (including phenoxy) is 1. The molecule has 0 N–H and O–H groups in total. The first-order chi connectivity index (χ1) is 7.18. The van der Waals surface area contributed by atoms with E-state index in [4.69, 9.17) is 4.74 Å². The second-order valence-electron chi connectivity index (χ2n) is 3.61. The van der Waals surface area contributed by atoms with Crippen LogP contribution in [-0.2, 0) is 4.74 Å². The van der Waals surface area contributed by atoms with Gasteiger partial charge in [0.05, 0.1) is 28.2 Å². The van der Waals surface area contributed by atoms with Crippen molar-refractivity contribution in [1.29, 1.82) is 0 Å². The number of hydrogen-bond donors (Lipinski definition) is 0. The number of nitrogens with zero attached hydrogens (tertiary/aromatic N) is 3. The van der Waals surface area contributed by atoms with Crippen LogP contribution in [0.1, 0.15) is 11.4 Å². The molecule has 0 spiro atoms. The molecule has 0 atom stereocenters. The molecule has 5 heteroatoms. The third-order valence-corrected chi connectivity index (χ3v) is 4.03. The number of aromatic nitrogens is 2. The van der Waals surface area contributed by atoms with Crippen molar-refractivity contribution in [2.45, 2.75) is 13.8 Å². The SMILES string of the molecule is Cc1nc(N2CCOCC2)nc(C)c1I. The second-order valence-corrected chi connectivity index (χ2v) is 4.69. The first-order valence-electron chi connectivity index (χ1n) is 5.02. The first-order valence-corrected chi connectivity index (χ1v) is 6.10. The van der Waals surface area contributed by atoms with Crippen LogP contribution < -0.4 is 4.90 Å². The Morgan fingerprint density at radius 3 is 2.20 bits per heavy atom. The molecule has 1 aliphatic heterocycles. The van der Waals surface area contributed by atoms with Gasteiger partial charge in [0.15, 0.2) is 0 Å². The molecule has 1 aromatic heterocycles. The van der Waals surface area contributed by atoms with Crippen LogP contribution in [0.4, 0.5) is 5.95 Å². The molecule has 0 amide bonds. The molecule has 2 heterocycles. The van der Waals surface area contributed by atoms with Gasteiger partial charge in [-0.2, -0.15) is 0 Å². The summed E-state index contributed by atoms with van der Waals surface area (Å²) in [7, 11) is 0. The largest absolute Gasteiger partial charge is 0.378 e. The van der Waals surface area contributed by atoms with Gasteiger partial charge in [0.25, 0.3) is 0 Å². The molecular weight excluding hydrogens is 305 g/mol. The van der Waals surface area contributed by atoms with Crippen molar-refractivity contribution in [3.05, 3.63) is 15.0 Å². The maximum atomic E-state index is 5.31. The minimum absolute atomic E-state index is 0.771. The Hall–Kier alpha value is -0.430. The van der Waals surface area contributed by atoms with Gasteiger partial charge in [-0.15, -0.1) is 0 Å². The third kappa shape index (κ3) is 2.39. The van der Waals surface area contributed by atoms with Gasteiger partial charge in [-0.3, -0.25) is 0 Å². The topological polar surface area (TPSA) is 38.2 Å². The summed E-state index contributed by atoms with van der Waals surface area (Å²) in [6.45, 7) is 7.38. The van der Waals surface area contributed by atoms with Crippen LogP contribution in [-0.4, -0.2) is 36.3 Å². The Kier molecular flexibility index (Phi) is 3.40. The van der Waals surface area contributed by atoms with Crippen LogP contribution in [0.3, 0.4) is 0 Å². The molecule has 0 aromatic carbocycles. The maximum Gasteiger partial charge on any atom is 0.225 e. The highest BCUT2D eigenvalue weighted by atomic mass is 127. The Bertz CT molecular complexity index is 341. The molecule has 1 saturated heterocycles. The van der Waals surface area contributed by atoms with E-state index >= 15 is 0 Å². The molecule has 0 radical (unpaired) electrons. The molecule has 1 aliphatic rings. The maximum absolute atomic E-state index is 5.31. The van der Waals surface area contributed by atoms with Gasteiger partial charge in [-0.25, -0.2) is 9.97 Å². The van der Waals surface area contributed by atoms with Crippen LogP contribution in [0.15, 0.2) is 0 Å². The summed E-state index contributed by atoms with van der Waals surface area (Å²) in [4.78, 5) is 11.2. The van der Waals surface area contributed by atoms with E-state index in [1.807, 2.05) is 13.8 Å². The second kappa shape index (κ2) is 4.61. The van der Waals surface area contributed by atoms with Crippen molar-refractivity contribution in [3.63, 3.8) is 0 Å². The van der Waals surface area contributed by atoms with Gasteiger partial charge >= 0.3 is 0 Å². The van der Waals surface area contributed by atoms with Crippen LogP contribution in [0.2, 0.25) is 0 Å². The normalized spacial score (nSPS) is 16.9. The summed E-state index contributed by atoms with van der Waals surface area (Å²) in [6, 6.07) is 0. The van der Waals surface area contributed by atoms with Crippen molar-refractivity contribution >= 4 is 28.5 Å². The monoisotopic (exact) mass is 319 g/mol. The predicted molar refractivity (Wildman–Crippen MR) is 67.3 cm³/mol. The molecule has 2 rings (SSSR count). The number of halogens is 1. The van der Waals surface area contributed by atoms with E-state index in [0.29, 0.717) is 0 Å². The summed E-state index contributed by atoms with van der Waals surface area (Å²) in [5.74, 6) is 0.841. The van der Waals surface area contributed by atoms with Gasteiger partial charge in [0.1, 0.15) is 0 Å². The Labute approximate surface area is 103 Å². The zero-order valence-corrected chi connectivity index (χ0v) is 11.1. The molecule has 0 unspecified atom stereocenters. The van der Waals surface area contributed by atoms with Gasteiger partial charge in [-0.05, 0) is 36.4 Å². The zero-order valence-electron chi connectivity index (χ0n) is 8.96. The van der Waals surface area contributed by atoms with Crippen molar-refractivity contribution in [1.82, 2.24) is 9.97 Å². The zero-order chi connectivity index (χ0) is 10.8. The lowest BCUT2D eigenvalue weighted by molar-refractivity contribution is 0.122. The van der Waals surface area contributed by atoms with E-state index in [1.54, 1.807) is 0 Å². The van der Waals surface area contributed by atoms with Gasteiger partial charge in [0.2, 0.25) is 5.95 Å². The third-order valence-electron chi connectivity index (χ3n) is 2.46. The van der Waals surface area contributed by atoms with Gasteiger partial charge in [-0.1, -0.05) is 0 Å². The van der Waals surface area contributed by atoms with Crippen LogP contribution in [0.25, 0.3) is 0 Å². The fraction of sp³-hybridized carbons (Fsp3) is 0.600. The summed E-state index contributed by atoms with van der Waals surface area (Å²) >= 11 is 2.29. The van der Waals surface area contributed by atoms with Crippen LogP contribution >= 0.6 is 22.6 Å². The average molecular weight is 319 g/mol. The minimum atomic E-state index is 0.771. The number of morpholine rings is 1. The van der Waals surface area contributed by atoms with E-state index in [2.05, 4.69) is 37.5 Å². The molecule has 0 aliphatic carbocycles. The van der Waals surface area contributed by atoms with Crippen LogP contribution in [0.5, 0.6) is 0 Å². The van der Waals surface area contributed by atoms with Crippen LogP contribution in [0, 0.1) is 17.4 Å². The van der Waals surface area contributed by atoms with E-state index < -0.39 is 0 Å². The average Bonchev–Trinajstić information content (AvgIpc) is 2.26. The van der Waals surface area contributed by atoms with Crippen molar-refractivity contribution in [3.8, 4) is 0 Å². The Morgan fingerprint density at radius 1 is 1.13 bits per heavy atom. The van der Waals surface area contributed by atoms with E-state index in [-0.39, 0.29) is 0 Å². The highest BCUT2D eigenvalue weighted by Gasteiger charge is 2.15. The molecule has 4 nitrogen and oxygen atoms in total. The molecule has 82 valence electrons. The smallest absolute Gasteiger partial charge is 0.225 e. The van der Waals surface area contributed by atoms with Gasteiger partial charge < -0.3 is 9.64 Å². The molecule has 1 aromatic rings. The van der Waals surface area contributed by atoms with E-state index in [9.17, 15) is 0 Å². The van der Waals surface area contributed by atoms with E-state index in [0.717, 1.165) is 47.2 Å². The lowest BCUT2D eigenvalue weighted by Gasteiger charge is -2.27. The summed E-state index contributed by atoms with van der Waals surface area (Å²) in [5, 5.41) is 0. The van der Waals surface area contributed by atoms with Crippen molar-refractivity contribution < 1.29 is 4.74 Å². The standard InChI is InChI=1S/C10H14IN3O/c1-7-9(11)8(2)13-10(12-7)14-3-5-15-6-4-14/h3-6H2,1-2H3. The van der Waals surface area contributed by atoms with Crippen molar-refractivity contribution in [2.75, 3.05) is 31.2 Å². The minimum Gasteiger partial charge on any atom is -0.378 e. The summed E-state index contributed by atoms with van der Waals surface area (Å²) in [6.07, 6.45) is 0. The lowest BCUT2D eigenvalue weighted by Crippen LogP contribution is -2.37. The molecule has 0 saturated carbocycles. The summed E-state index contributed by atoms with van der Waals surface area (Å²) < 4.78 is 6.46. The number of anilines is 1. The van der Waals surface area contributed by atoms with E-state index in [1.165, 1.54) is 0 Å². The number of rotatable bonds is 1. The Balaban J connectivity index is 2.27. The highest BCUT2D eigenvalue weighted by molar-refractivity contribution is 14.1. The Morgan fingerprint density at radius 2 is 1.67 bits per heavy atom. The molecule has 15 heavy (non-hydrogen) atoms. The first kappa shape index (κ1) is 11.1. The summed E-state index contributed by atoms with van der Waals surface area (Å²) in [5.41, 5.74) is 2.12. The van der Waals surface area contributed by atoms with Crippen molar-refractivity contribution in [2.24, 2.45) is 0 Å². The predicted octanol–water partition coefficient (Wildman–Crippen LogP) is 1.53. The molecule has 0 bridgehead atoms. The lowest BCUT2D eigenvalue weighted by atomic mass is 10.3. The highest BCUT2D eigenvalue weighted by Crippen LogP contribution is 2.17. The molecule has 1 fully saturated rings. The fourth-order valence-electron chi connectivity index (χ4n) is 1.59. The number of aryl methyl sites for hydroxylation is 2. The number of hydrogen-bond acceptors (Lipinski definition) is 4.